The van der Waals surface area contributed by atoms with Crippen LogP contribution in [0.4, 0.5) is 0 Å². The van der Waals surface area contributed by atoms with Gasteiger partial charge in [0.1, 0.15) is 0 Å². The third-order valence-corrected chi connectivity index (χ3v) is 4.86. The maximum absolute atomic E-state index is 3.50. The van der Waals surface area contributed by atoms with E-state index in [0.29, 0.717) is 0 Å². The van der Waals surface area contributed by atoms with E-state index in [1.54, 1.807) is 11.8 Å². The summed E-state index contributed by atoms with van der Waals surface area (Å²) in [6, 6.07) is 21.4. The van der Waals surface area contributed by atoms with E-state index in [1.807, 2.05) is 0 Å². The predicted octanol–water partition coefficient (Wildman–Crippen LogP) is 5.94. The SMILES string of the molecule is CSc1ccccc1-n1c(C)ccc1-c1ccc(Br)cc1. The average Bonchev–Trinajstić information content (AvgIpc) is 2.89. The van der Waals surface area contributed by atoms with Gasteiger partial charge in [0, 0.05) is 15.1 Å². The van der Waals surface area contributed by atoms with Crippen molar-refractivity contribution in [1.82, 2.24) is 4.57 Å². The van der Waals surface area contributed by atoms with Crippen molar-refractivity contribution in [3.8, 4) is 16.9 Å². The van der Waals surface area contributed by atoms with E-state index >= 15 is 0 Å². The molecule has 1 heterocycles. The summed E-state index contributed by atoms with van der Waals surface area (Å²) in [7, 11) is 0. The monoisotopic (exact) mass is 357 g/mol. The van der Waals surface area contributed by atoms with Crippen molar-refractivity contribution in [3.05, 3.63) is 70.8 Å². The average molecular weight is 358 g/mol. The second-order valence-corrected chi connectivity index (χ2v) is 6.64. The van der Waals surface area contributed by atoms with E-state index in [9.17, 15) is 0 Å². The highest BCUT2D eigenvalue weighted by atomic mass is 79.9. The Hall–Kier alpha value is -1.45. The van der Waals surface area contributed by atoms with Crippen LogP contribution in [0.15, 0.2) is 70.0 Å². The molecule has 2 aromatic carbocycles. The van der Waals surface area contributed by atoms with Crippen LogP contribution < -0.4 is 0 Å². The summed E-state index contributed by atoms with van der Waals surface area (Å²) in [4.78, 5) is 1.29. The lowest BCUT2D eigenvalue weighted by Gasteiger charge is -2.15. The summed E-state index contributed by atoms with van der Waals surface area (Å²) in [6.07, 6.45) is 2.12. The normalized spacial score (nSPS) is 10.8. The largest absolute Gasteiger partial charge is 0.313 e. The summed E-state index contributed by atoms with van der Waals surface area (Å²) in [5, 5.41) is 0. The molecular formula is C18H16BrNS. The van der Waals surface area contributed by atoms with Gasteiger partial charge < -0.3 is 4.57 Å². The Bertz CT molecular complexity index is 759. The third-order valence-electron chi connectivity index (χ3n) is 3.54. The summed E-state index contributed by atoms with van der Waals surface area (Å²) >= 11 is 5.28. The number of aromatic nitrogens is 1. The van der Waals surface area contributed by atoms with Crippen molar-refractivity contribution in [2.24, 2.45) is 0 Å². The molecule has 1 aromatic heterocycles. The van der Waals surface area contributed by atoms with E-state index in [-0.39, 0.29) is 0 Å². The highest BCUT2D eigenvalue weighted by molar-refractivity contribution is 9.10. The number of nitrogens with zero attached hydrogens (tertiary/aromatic N) is 1. The zero-order valence-corrected chi connectivity index (χ0v) is 14.4. The van der Waals surface area contributed by atoms with Crippen LogP contribution >= 0.6 is 27.7 Å². The summed E-state index contributed by atoms with van der Waals surface area (Å²) < 4.78 is 3.43. The number of hydrogen-bond donors (Lipinski definition) is 0. The molecule has 3 rings (SSSR count). The van der Waals surface area contributed by atoms with Gasteiger partial charge in [0.05, 0.1) is 11.4 Å². The van der Waals surface area contributed by atoms with Gasteiger partial charge in [-0.3, -0.25) is 0 Å². The van der Waals surface area contributed by atoms with Gasteiger partial charge in [-0.15, -0.1) is 11.8 Å². The molecule has 0 radical (unpaired) electrons. The van der Waals surface area contributed by atoms with Crippen LogP contribution in [0.2, 0.25) is 0 Å². The minimum Gasteiger partial charge on any atom is -0.313 e. The van der Waals surface area contributed by atoms with Gasteiger partial charge in [-0.1, -0.05) is 40.2 Å². The molecule has 3 aromatic rings. The fourth-order valence-corrected chi connectivity index (χ4v) is 3.37. The molecule has 0 aliphatic heterocycles. The number of para-hydroxylation sites is 1. The molecule has 0 bridgehead atoms. The lowest BCUT2D eigenvalue weighted by atomic mass is 10.1. The Morgan fingerprint density at radius 1 is 0.905 bits per heavy atom. The minimum atomic E-state index is 1.10. The van der Waals surface area contributed by atoms with Crippen LogP contribution in [0.25, 0.3) is 16.9 Å². The molecule has 1 nitrogen and oxygen atoms in total. The van der Waals surface area contributed by atoms with Gasteiger partial charge in [-0.2, -0.15) is 0 Å². The number of hydrogen-bond acceptors (Lipinski definition) is 1. The molecule has 0 saturated carbocycles. The van der Waals surface area contributed by atoms with Crippen molar-refractivity contribution >= 4 is 27.7 Å². The lowest BCUT2D eigenvalue weighted by Crippen LogP contribution is -2.00. The second-order valence-electron chi connectivity index (χ2n) is 4.87. The summed E-state index contributed by atoms with van der Waals surface area (Å²) in [6.45, 7) is 2.15. The molecule has 0 N–H and O–H groups in total. The number of aryl methyl sites for hydroxylation is 1. The first-order valence-electron chi connectivity index (χ1n) is 6.78. The van der Waals surface area contributed by atoms with E-state index < -0.39 is 0 Å². The Morgan fingerprint density at radius 3 is 2.33 bits per heavy atom. The quantitative estimate of drug-likeness (QED) is 0.525. The second kappa shape index (κ2) is 6.12. The van der Waals surface area contributed by atoms with Crippen molar-refractivity contribution in [3.63, 3.8) is 0 Å². The lowest BCUT2D eigenvalue weighted by molar-refractivity contribution is 0.994. The Morgan fingerprint density at radius 2 is 1.62 bits per heavy atom. The topological polar surface area (TPSA) is 4.93 Å². The molecule has 106 valence electrons. The van der Waals surface area contributed by atoms with Crippen LogP contribution in [-0.4, -0.2) is 10.8 Å². The molecule has 0 atom stereocenters. The molecule has 0 aliphatic carbocycles. The maximum atomic E-state index is 3.50. The smallest absolute Gasteiger partial charge is 0.0594 e. The standard InChI is InChI=1S/C18H16BrNS/c1-13-7-12-16(14-8-10-15(19)11-9-14)20(13)17-5-3-4-6-18(17)21-2/h3-12H,1-2H3. The number of benzene rings is 2. The molecule has 0 fully saturated rings. The first-order chi connectivity index (χ1) is 10.2. The van der Waals surface area contributed by atoms with Crippen molar-refractivity contribution in [2.45, 2.75) is 11.8 Å². The molecule has 21 heavy (non-hydrogen) atoms. The Balaban J connectivity index is 2.20. The molecule has 0 saturated heterocycles. The molecule has 0 aliphatic rings. The fourth-order valence-electron chi connectivity index (χ4n) is 2.52. The van der Waals surface area contributed by atoms with E-state index in [1.165, 1.54) is 27.5 Å². The predicted molar refractivity (Wildman–Crippen MR) is 95.4 cm³/mol. The van der Waals surface area contributed by atoms with Gasteiger partial charge in [0.15, 0.2) is 0 Å². The van der Waals surface area contributed by atoms with Crippen LogP contribution in [0, 0.1) is 6.92 Å². The van der Waals surface area contributed by atoms with Crippen LogP contribution in [0.3, 0.4) is 0 Å². The Labute approximate surface area is 138 Å². The summed E-state index contributed by atoms with van der Waals surface area (Å²) in [5.74, 6) is 0. The Kier molecular flexibility index (Phi) is 4.22. The summed E-state index contributed by atoms with van der Waals surface area (Å²) in [5.41, 5.74) is 4.93. The van der Waals surface area contributed by atoms with Crippen molar-refractivity contribution < 1.29 is 0 Å². The molecule has 0 amide bonds. The first-order valence-corrected chi connectivity index (χ1v) is 8.80. The number of rotatable bonds is 3. The third kappa shape index (κ3) is 2.81. The molecule has 0 spiro atoms. The zero-order chi connectivity index (χ0) is 14.8. The maximum Gasteiger partial charge on any atom is 0.0594 e. The minimum absolute atomic E-state index is 1.10. The molecule has 3 heteroatoms. The van der Waals surface area contributed by atoms with E-state index in [0.717, 1.165) is 4.47 Å². The van der Waals surface area contributed by atoms with Gasteiger partial charge in [0.25, 0.3) is 0 Å². The number of halogens is 1. The fraction of sp³-hybridized carbons (Fsp3) is 0.111. The van der Waals surface area contributed by atoms with Gasteiger partial charge in [-0.25, -0.2) is 0 Å². The van der Waals surface area contributed by atoms with Gasteiger partial charge >= 0.3 is 0 Å². The first kappa shape index (κ1) is 14.5. The molecule has 0 unspecified atom stereocenters. The molecular weight excluding hydrogens is 342 g/mol. The van der Waals surface area contributed by atoms with Crippen LogP contribution in [0.1, 0.15) is 5.69 Å². The van der Waals surface area contributed by atoms with Crippen LogP contribution in [-0.2, 0) is 0 Å². The highest BCUT2D eigenvalue weighted by Crippen LogP contribution is 2.31. The van der Waals surface area contributed by atoms with Gasteiger partial charge in [0.2, 0.25) is 0 Å². The number of thioether (sulfide) groups is 1. The van der Waals surface area contributed by atoms with E-state index in [4.69, 9.17) is 0 Å². The highest BCUT2D eigenvalue weighted by Gasteiger charge is 2.12. The van der Waals surface area contributed by atoms with Crippen molar-refractivity contribution in [1.29, 1.82) is 0 Å². The van der Waals surface area contributed by atoms with Crippen LogP contribution in [0.5, 0.6) is 0 Å². The van der Waals surface area contributed by atoms with Gasteiger partial charge in [-0.05, 0) is 55.1 Å². The van der Waals surface area contributed by atoms with Crippen molar-refractivity contribution in [2.75, 3.05) is 6.26 Å². The zero-order valence-electron chi connectivity index (χ0n) is 12.0. The van der Waals surface area contributed by atoms with E-state index in [2.05, 4.69) is 94.3 Å².